The quantitative estimate of drug-likeness (QED) is 0.897. The highest BCUT2D eigenvalue weighted by Gasteiger charge is 2.29. The van der Waals surface area contributed by atoms with Gasteiger partial charge in [-0.3, -0.25) is 4.79 Å². The van der Waals surface area contributed by atoms with Gasteiger partial charge in [0, 0.05) is 30.7 Å². The summed E-state index contributed by atoms with van der Waals surface area (Å²) in [5, 5.41) is 3.54. The van der Waals surface area contributed by atoms with Crippen LogP contribution in [0, 0.1) is 11.7 Å². The first-order valence-corrected chi connectivity index (χ1v) is 8.81. The van der Waals surface area contributed by atoms with Gasteiger partial charge in [0.1, 0.15) is 5.82 Å². The van der Waals surface area contributed by atoms with Crippen LogP contribution in [0.4, 0.5) is 4.39 Å². The maximum absolute atomic E-state index is 13.5. The first-order chi connectivity index (χ1) is 12.0. The molecule has 2 aromatic rings. The summed E-state index contributed by atoms with van der Waals surface area (Å²) in [6.07, 6.45) is 0.991. The fraction of sp³-hybridized carbons (Fsp3) is 0.381. The highest BCUT2D eigenvalue weighted by molar-refractivity contribution is 5.94. The summed E-state index contributed by atoms with van der Waals surface area (Å²) in [4.78, 5) is 14.4. The fourth-order valence-electron chi connectivity index (χ4n) is 3.33. The molecular formula is C21H25FN2O. The van der Waals surface area contributed by atoms with Crippen molar-refractivity contribution < 1.29 is 9.18 Å². The van der Waals surface area contributed by atoms with E-state index in [4.69, 9.17) is 0 Å². The van der Waals surface area contributed by atoms with E-state index in [-0.39, 0.29) is 17.3 Å². The average Bonchev–Trinajstić information content (AvgIpc) is 3.09. The normalized spacial score (nSPS) is 17.7. The van der Waals surface area contributed by atoms with E-state index in [2.05, 4.69) is 19.2 Å². The number of benzene rings is 2. The van der Waals surface area contributed by atoms with Gasteiger partial charge in [0.25, 0.3) is 5.91 Å². The zero-order chi connectivity index (χ0) is 17.9. The lowest BCUT2D eigenvalue weighted by Crippen LogP contribution is -2.40. The summed E-state index contributed by atoms with van der Waals surface area (Å²) in [5.74, 6) is 0.306. The van der Waals surface area contributed by atoms with Crippen molar-refractivity contribution in [2.75, 3.05) is 19.6 Å². The molecule has 1 aliphatic heterocycles. The number of rotatable bonds is 5. The summed E-state index contributed by atoms with van der Waals surface area (Å²) < 4.78 is 13.5. The number of hydrogen-bond donors (Lipinski definition) is 1. The lowest BCUT2D eigenvalue weighted by Gasteiger charge is -2.29. The van der Waals surface area contributed by atoms with Gasteiger partial charge in [-0.15, -0.1) is 0 Å². The van der Waals surface area contributed by atoms with Gasteiger partial charge in [-0.25, -0.2) is 4.39 Å². The van der Waals surface area contributed by atoms with Gasteiger partial charge in [0.2, 0.25) is 0 Å². The van der Waals surface area contributed by atoms with Gasteiger partial charge >= 0.3 is 0 Å². The molecule has 0 saturated carbocycles. The molecule has 0 radical (unpaired) electrons. The molecule has 2 aromatic carbocycles. The summed E-state index contributed by atoms with van der Waals surface area (Å²) in [5.41, 5.74) is 1.37. The Kier molecular flexibility index (Phi) is 5.19. The molecule has 1 saturated heterocycles. The first kappa shape index (κ1) is 17.6. The van der Waals surface area contributed by atoms with E-state index in [1.54, 1.807) is 12.1 Å². The van der Waals surface area contributed by atoms with Crippen LogP contribution in [0.3, 0.4) is 0 Å². The second-order valence-electron chi connectivity index (χ2n) is 7.29. The lowest BCUT2D eigenvalue weighted by atomic mass is 9.93. The third-order valence-electron chi connectivity index (χ3n) is 4.97. The molecular weight excluding hydrogens is 315 g/mol. The second-order valence-corrected chi connectivity index (χ2v) is 7.29. The van der Waals surface area contributed by atoms with E-state index in [0.29, 0.717) is 5.92 Å². The Balaban J connectivity index is 1.56. The molecule has 1 amide bonds. The molecule has 3 nitrogen and oxygen atoms in total. The summed E-state index contributed by atoms with van der Waals surface area (Å²) in [6.45, 7) is 6.48. The van der Waals surface area contributed by atoms with Crippen LogP contribution in [0.1, 0.15) is 36.2 Å². The highest BCUT2D eigenvalue weighted by atomic mass is 19.1. The SMILES string of the molecule is CC(C)(NC[C@H]1CCN(C(=O)c2ccccc2)C1)c1cccc(F)c1. The number of amides is 1. The number of halogens is 1. The minimum Gasteiger partial charge on any atom is -0.338 e. The number of hydrogen-bond acceptors (Lipinski definition) is 2. The second kappa shape index (κ2) is 7.36. The molecule has 4 heteroatoms. The summed E-state index contributed by atoms with van der Waals surface area (Å²) in [6, 6.07) is 16.1. The van der Waals surface area contributed by atoms with Crippen molar-refractivity contribution in [3.8, 4) is 0 Å². The molecule has 1 atom stereocenters. The van der Waals surface area contributed by atoms with E-state index in [1.807, 2.05) is 41.3 Å². The number of carbonyl (C=O) groups is 1. The molecule has 25 heavy (non-hydrogen) atoms. The minimum absolute atomic E-state index is 0.104. The average molecular weight is 340 g/mol. The molecule has 132 valence electrons. The fourth-order valence-corrected chi connectivity index (χ4v) is 3.33. The van der Waals surface area contributed by atoms with Crippen LogP contribution in [0.5, 0.6) is 0 Å². The summed E-state index contributed by atoms with van der Waals surface area (Å²) >= 11 is 0. The van der Waals surface area contributed by atoms with Gasteiger partial charge in [-0.2, -0.15) is 0 Å². The zero-order valence-corrected chi connectivity index (χ0v) is 14.8. The standard InChI is InChI=1S/C21H25FN2O/c1-21(2,18-9-6-10-19(22)13-18)23-14-16-11-12-24(15-16)20(25)17-7-4-3-5-8-17/h3-10,13,16,23H,11-12,14-15H2,1-2H3/t16-/m1/s1. The van der Waals surface area contributed by atoms with Crippen molar-refractivity contribution in [1.82, 2.24) is 10.2 Å². The van der Waals surface area contributed by atoms with Crippen molar-refractivity contribution in [3.63, 3.8) is 0 Å². The van der Waals surface area contributed by atoms with E-state index in [0.717, 1.165) is 37.2 Å². The van der Waals surface area contributed by atoms with Crippen LogP contribution in [-0.4, -0.2) is 30.4 Å². The highest BCUT2D eigenvalue weighted by Crippen LogP contribution is 2.23. The monoisotopic (exact) mass is 340 g/mol. The largest absolute Gasteiger partial charge is 0.338 e. The topological polar surface area (TPSA) is 32.3 Å². The summed E-state index contributed by atoms with van der Waals surface area (Å²) in [7, 11) is 0. The van der Waals surface area contributed by atoms with E-state index in [9.17, 15) is 9.18 Å². The Morgan fingerprint density at radius 1 is 1.20 bits per heavy atom. The molecule has 3 rings (SSSR count). The molecule has 0 unspecified atom stereocenters. The molecule has 0 spiro atoms. The van der Waals surface area contributed by atoms with E-state index < -0.39 is 0 Å². The Bertz CT molecular complexity index is 730. The molecule has 0 aromatic heterocycles. The molecule has 1 fully saturated rings. The van der Waals surface area contributed by atoms with Crippen LogP contribution in [0.2, 0.25) is 0 Å². The van der Waals surface area contributed by atoms with Crippen LogP contribution in [0.25, 0.3) is 0 Å². The predicted octanol–water partition coefficient (Wildman–Crippen LogP) is 3.81. The van der Waals surface area contributed by atoms with Gasteiger partial charge in [-0.05, 0) is 56.0 Å². The maximum Gasteiger partial charge on any atom is 0.253 e. The lowest BCUT2D eigenvalue weighted by molar-refractivity contribution is 0.0786. The molecule has 1 N–H and O–H groups in total. The van der Waals surface area contributed by atoms with Crippen molar-refractivity contribution in [2.24, 2.45) is 5.92 Å². The number of carbonyl (C=O) groups excluding carboxylic acids is 1. The number of nitrogens with one attached hydrogen (secondary N) is 1. The van der Waals surface area contributed by atoms with E-state index in [1.165, 1.54) is 6.07 Å². The Hall–Kier alpha value is -2.20. The third kappa shape index (κ3) is 4.26. The van der Waals surface area contributed by atoms with Gasteiger partial charge in [0.05, 0.1) is 0 Å². The number of likely N-dealkylation sites (tertiary alicyclic amines) is 1. The third-order valence-corrected chi connectivity index (χ3v) is 4.97. The van der Waals surface area contributed by atoms with Crippen LogP contribution in [0.15, 0.2) is 54.6 Å². The van der Waals surface area contributed by atoms with Crippen LogP contribution in [-0.2, 0) is 5.54 Å². The first-order valence-electron chi connectivity index (χ1n) is 8.81. The van der Waals surface area contributed by atoms with E-state index >= 15 is 0 Å². The molecule has 0 aliphatic carbocycles. The number of nitrogens with zero attached hydrogens (tertiary/aromatic N) is 1. The Labute approximate surface area is 148 Å². The predicted molar refractivity (Wildman–Crippen MR) is 97.9 cm³/mol. The van der Waals surface area contributed by atoms with Gasteiger partial charge in [-0.1, -0.05) is 30.3 Å². The Morgan fingerprint density at radius 2 is 1.96 bits per heavy atom. The van der Waals surface area contributed by atoms with Crippen molar-refractivity contribution >= 4 is 5.91 Å². The van der Waals surface area contributed by atoms with Crippen molar-refractivity contribution in [2.45, 2.75) is 25.8 Å². The van der Waals surface area contributed by atoms with Gasteiger partial charge < -0.3 is 10.2 Å². The Morgan fingerprint density at radius 3 is 2.68 bits per heavy atom. The van der Waals surface area contributed by atoms with Crippen molar-refractivity contribution in [1.29, 1.82) is 0 Å². The van der Waals surface area contributed by atoms with Crippen LogP contribution < -0.4 is 5.32 Å². The van der Waals surface area contributed by atoms with Crippen molar-refractivity contribution in [3.05, 3.63) is 71.5 Å². The molecule has 1 aliphatic rings. The zero-order valence-electron chi connectivity index (χ0n) is 14.8. The smallest absolute Gasteiger partial charge is 0.253 e. The van der Waals surface area contributed by atoms with Crippen LogP contribution >= 0.6 is 0 Å². The molecule has 1 heterocycles. The minimum atomic E-state index is -0.307. The van der Waals surface area contributed by atoms with Gasteiger partial charge in [0.15, 0.2) is 0 Å². The maximum atomic E-state index is 13.5. The molecule has 0 bridgehead atoms.